The number of hydrogen-bond donors (Lipinski definition) is 1. The number of nitrogens with one attached hydrogen (secondary N) is 1. The van der Waals surface area contributed by atoms with Crippen LogP contribution in [0, 0.1) is 0 Å². The van der Waals surface area contributed by atoms with Gasteiger partial charge in [-0.25, -0.2) is 0 Å². The number of amides is 1. The maximum Gasteiger partial charge on any atom is 0.246 e. The first kappa shape index (κ1) is 10.5. The Morgan fingerprint density at radius 3 is 2.69 bits per heavy atom. The van der Waals surface area contributed by atoms with E-state index in [9.17, 15) is 4.79 Å². The fourth-order valence-electron chi connectivity index (χ4n) is 1.51. The second-order valence-corrected chi connectivity index (χ2v) is 4.01. The highest BCUT2D eigenvalue weighted by molar-refractivity contribution is 5.78. The van der Waals surface area contributed by atoms with Crippen molar-refractivity contribution in [1.29, 1.82) is 0 Å². The Morgan fingerprint density at radius 2 is 2.23 bits per heavy atom. The molecule has 0 heterocycles. The number of hydrogen-bond acceptors (Lipinski definition) is 2. The molecule has 1 aliphatic rings. The zero-order valence-corrected chi connectivity index (χ0v) is 8.56. The van der Waals surface area contributed by atoms with Crippen molar-refractivity contribution >= 4 is 5.91 Å². The maximum atomic E-state index is 11.3. The van der Waals surface area contributed by atoms with E-state index >= 15 is 0 Å². The molecule has 3 heteroatoms. The average Bonchev–Trinajstić information content (AvgIpc) is 2.02. The molecule has 0 bridgehead atoms. The van der Waals surface area contributed by atoms with Gasteiger partial charge < -0.3 is 10.1 Å². The SMILES string of the molecule is CCCOCC(=O)NC1(C)CCC1. The largest absolute Gasteiger partial charge is 0.372 e. The topological polar surface area (TPSA) is 38.3 Å². The minimum Gasteiger partial charge on any atom is -0.372 e. The van der Waals surface area contributed by atoms with Crippen LogP contribution in [-0.4, -0.2) is 24.7 Å². The Balaban J connectivity index is 2.10. The van der Waals surface area contributed by atoms with Crippen molar-refractivity contribution in [1.82, 2.24) is 5.32 Å². The molecule has 1 N–H and O–H groups in total. The summed E-state index contributed by atoms with van der Waals surface area (Å²) in [5.74, 6) is 0.0238. The molecule has 0 aliphatic heterocycles. The van der Waals surface area contributed by atoms with Gasteiger partial charge in [0.1, 0.15) is 6.61 Å². The third-order valence-electron chi connectivity index (χ3n) is 2.48. The summed E-state index contributed by atoms with van der Waals surface area (Å²) in [5, 5.41) is 2.99. The van der Waals surface area contributed by atoms with E-state index in [4.69, 9.17) is 4.74 Å². The zero-order chi connectivity index (χ0) is 9.73. The Morgan fingerprint density at radius 1 is 1.54 bits per heavy atom. The average molecular weight is 185 g/mol. The van der Waals surface area contributed by atoms with E-state index in [0.717, 1.165) is 19.3 Å². The van der Waals surface area contributed by atoms with Crippen molar-refractivity contribution in [3.63, 3.8) is 0 Å². The summed E-state index contributed by atoms with van der Waals surface area (Å²) in [6, 6.07) is 0. The van der Waals surface area contributed by atoms with Gasteiger partial charge in [0.2, 0.25) is 5.91 Å². The molecule has 0 aromatic rings. The zero-order valence-electron chi connectivity index (χ0n) is 8.56. The summed E-state index contributed by atoms with van der Waals surface area (Å²) in [4.78, 5) is 11.3. The van der Waals surface area contributed by atoms with Gasteiger partial charge in [0.05, 0.1) is 0 Å². The van der Waals surface area contributed by atoms with Gasteiger partial charge in [0.25, 0.3) is 0 Å². The minimum atomic E-state index is 0.0238. The molecule has 0 radical (unpaired) electrons. The van der Waals surface area contributed by atoms with Crippen LogP contribution in [0.1, 0.15) is 39.5 Å². The van der Waals surface area contributed by atoms with E-state index in [2.05, 4.69) is 12.2 Å². The van der Waals surface area contributed by atoms with Crippen molar-refractivity contribution in [2.24, 2.45) is 0 Å². The summed E-state index contributed by atoms with van der Waals surface area (Å²) in [5.41, 5.74) is 0.0622. The van der Waals surface area contributed by atoms with E-state index in [-0.39, 0.29) is 18.1 Å². The fraction of sp³-hybridized carbons (Fsp3) is 0.900. The predicted octanol–water partition coefficient (Wildman–Crippen LogP) is 1.47. The molecular formula is C10H19NO2. The van der Waals surface area contributed by atoms with Crippen LogP contribution in [0.3, 0.4) is 0 Å². The lowest BCUT2D eigenvalue weighted by molar-refractivity contribution is -0.128. The Labute approximate surface area is 79.8 Å². The van der Waals surface area contributed by atoms with Gasteiger partial charge in [-0.3, -0.25) is 4.79 Å². The van der Waals surface area contributed by atoms with Gasteiger partial charge in [-0.15, -0.1) is 0 Å². The lowest BCUT2D eigenvalue weighted by atomic mass is 9.78. The van der Waals surface area contributed by atoms with Crippen molar-refractivity contribution < 1.29 is 9.53 Å². The van der Waals surface area contributed by atoms with Gasteiger partial charge in [0, 0.05) is 12.1 Å². The second-order valence-electron chi connectivity index (χ2n) is 4.01. The Bertz CT molecular complexity index is 176. The van der Waals surface area contributed by atoms with Crippen LogP contribution in [0.5, 0.6) is 0 Å². The van der Waals surface area contributed by atoms with Crippen LogP contribution in [0.4, 0.5) is 0 Å². The lowest BCUT2D eigenvalue weighted by Gasteiger charge is -2.39. The summed E-state index contributed by atoms with van der Waals surface area (Å²) in [6.45, 7) is 5.01. The molecule has 3 nitrogen and oxygen atoms in total. The normalized spacial score (nSPS) is 19.2. The van der Waals surface area contributed by atoms with E-state index in [0.29, 0.717) is 6.61 Å². The standard InChI is InChI=1S/C10H19NO2/c1-3-7-13-8-9(12)11-10(2)5-4-6-10/h3-8H2,1-2H3,(H,11,12). The predicted molar refractivity (Wildman–Crippen MR) is 51.5 cm³/mol. The summed E-state index contributed by atoms with van der Waals surface area (Å²) >= 11 is 0. The van der Waals surface area contributed by atoms with Gasteiger partial charge in [-0.05, 0) is 32.6 Å². The number of rotatable bonds is 5. The van der Waals surface area contributed by atoms with Gasteiger partial charge in [-0.2, -0.15) is 0 Å². The summed E-state index contributed by atoms with van der Waals surface area (Å²) < 4.78 is 5.15. The molecule has 1 amide bonds. The Kier molecular flexibility index (Phi) is 3.72. The first-order valence-corrected chi connectivity index (χ1v) is 5.05. The number of carbonyl (C=O) groups is 1. The van der Waals surface area contributed by atoms with Crippen LogP contribution in [0.25, 0.3) is 0 Å². The molecule has 1 aliphatic carbocycles. The molecule has 1 rings (SSSR count). The van der Waals surface area contributed by atoms with E-state index in [1.165, 1.54) is 6.42 Å². The highest BCUT2D eigenvalue weighted by Gasteiger charge is 2.32. The van der Waals surface area contributed by atoms with Crippen molar-refractivity contribution in [3.8, 4) is 0 Å². The summed E-state index contributed by atoms with van der Waals surface area (Å²) in [6.07, 6.45) is 4.40. The monoisotopic (exact) mass is 185 g/mol. The number of ether oxygens (including phenoxy) is 1. The smallest absolute Gasteiger partial charge is 0.246 e. The highest BCUT2D eigenvalue weighted by Crippen LogP contribution is 2.30. The van der Waals surface area contributed by atoms with Crippen LogP contribution in [-0.2, 0) is 9.53 Å². The van der Waals surface area contributed by atoms with Crippen LogP contribution in [0.15, 0.2) is 0 Å². The van der Waals surface area contributed by atoms with E-state index in [1.54, 1.807) is 0 Å². The molecule has 1 saturated carbocycles. The van der Waals surface area contributed by atoms with E-state index < -0.39 is 0 Å². The van der Waals surface area contributed by atoms with Crippen molar-refractivity contribution in [2.45, 2.75) is 45.1 Å². The van der Waals surface area contributed by atoms with Gasteiger partial charge in [-0.1, -0.05) is 6.92 Å². The quantitative estimate of drug-likeness (QED) is 0.659. The highest BCUT2D eigenvalue weighted by atomic mass is 16.5. The first-order valence-electron chi connectivity index (χ1n) is 5.05. The molecule has 0 atom stereocenters. The molecule has 13 heavy (non-hydrogen) atoms. The third kappa shape index (κ3) is 3.35. The van der Waals surface area contributed by atoms with Crippen molar-refractivity contribution in [2.75, 3.05) is 13.2 Å². The Hall–Kier alpha value is -0.570. The maximum absolute atomic E-state index is 11.3. The van der Waals surface area contributed by atoms with E-state index in [1.807, 2.05) is 6.92 Å². The fourth-order valence-corrected chi connectivity index (χ4v) is 1.51. The molecule has 76 valence electrons. The molecule has 0 aromatic carbocycles. The summed E-state index contributed by atoms with van der Waals surface area (Å²) in [7, 11) is 0. The van der Waals surface area contributed by atoms with Crippen LogP contribution < -0.4 is 5.32 Å². The minimum absolute atomic E-state index is 0.0238. The molecule has 1 fully saturated rings. The molecule has 0 spiro atoms. The molecular weight excluding hydrogens is 166 g/mol. The number of carbonyl (C=O) groups excluding carboxylic acids is 1. The molecule has 0 aromatic heterocycles. The third-order valence-corrected chi connectivity index (χ3v) is 2.48. The molecule has 0 unspecified atom stereocenters. The van der Waals surface area contributed by atoms with Crippen molar-refractivity contribution in [3.05, 3.63) is 0 Å². The second kappa shape index (κ2) is 4.61. The van der Waals surface area contributed by atoms with Crippen LogP contribution in [0.2, 0.25) is 0 Å². The van der Waals surface area contributed by atoms with Crippen LogP contribution >= 0.6 is 0 Å². The molecule has 0 saturated heterocycles. The first-order chi connectivity index (χ1) is 6.16. The van der Waals surface area contributed by atoms with Gasteiger partial charge >= 0.3 is 0 Å². The lowest BCUT2D eigenvalue weighted by Crippen LogP contribution is -2.52. The van der Waals surface area contributed by atoms with Gasteiger partial charge in [0.15, 0.2) is 0 Å².